The normalized spacial score (nSPS) is 28.3. The predicted molar refractivity (Wildman–Crippen MR) is 71.1 cm³/mol. The van der Waals surface area contributed by atoms with Crippen LogP contribution >= 0.6 is 0 Å². The molecule has 0 radical (unpaired) electrons. The highest BCUT2D eigenvalue weighted by Gasteiger charge is 2.33. The van der Waals surface area contributed by atoms with Gasteiger partial charge in [-0.1, -0.05) is 19.8 Å². The number of nitrogens with one attached hydrogen (secondary N) is 1. The summed E-state index contributed by atoms with van der Waals surface area (Å²) in [6, 6.07) is 1.93. The molecule has 0 spiro atoms. The molecule has 1 aliphatic carbocycles. The minimum Gasteiger partial charge on any atom is -0.394 e. The smallest absolute Gasteiger partial charge is 0.125 e. The number of aliphatic hydroxyl groups is 1. The average Bonchev–Trinajstić information content (AvgIpc) is 2.37. The van der Waals surface area contributed by atoms with Crippen molar-refractivity contribution in [3.63, 3.8) is 0 Å². The lowest BCUT2D eigenvalue weighted by atomic mass is 9.77. The highest BCUT2D eigenvalue weighted by Crippen LogP contribution is 2.32. The summed E-state index contributed by atoms with van der Waals surface area (Å²) < 4.78 is 0. The van der Waals surface area contributed by atoms with Gasteiger partial charge in [-0.2, -0.15) is 0 Å². The summed E-state index contributed by atoms with van der Waals surface area (Å²) in [6.07, 6.45) is 6.35. The van der Waals surface area contributed by atoms with Gasteiger partial charge in [0.05, 0.1) is 12.3 Å². The molecule has 4 heteroatoms. The van der Waals surface area contributed by atoms with Gasteiger partial charge in [0.2, 0.25) is 0 Å². The Morgan fingerprint density at radius 1 is 1.56 bits per heavy atom. The monoisotopic (exact) mass is 249 g/mol. The molecule has 100 valence electrons. The van der Waals surface area contributed by atoms with Crippen molar-refractivity contribution in [2.75, 3.05) is 6.61 Å². The van der Waals surface area contributed by atoms with E-state index in [1.807, 2.05) is 13.0 Å². The summed E-state index contributed by atoms with van der Waals surface area (Å²) in [5, 5.41) is 13.2. The number of aryl methyl sites for hydroxylation is 1. The quantitative estimate of drug-likeness (QED) is 0.854. The zero-order valence-corrected chi connectivity index (χ0v) is 11.3. The zero-order chi connectivity index (χ0) is 13.0. The molecule has 1 aromatic heterocycles. The molecule has 2 atom stereocenters. The Balaban J connectivity index is 1.98. The highest BCUT2D eigenvalue weighted by molar-refractivity contribution is 5.03. The maximum absolute atomic E-state index is 9.70. The predicted octanol–water partition coefficient (Wildman–Crippen LogP) is 1.82. The number of hydrogen-bond acceptors (Lipinski definition) is 4. The topological polar surface area (TPSA) is 58.0 Å². The molecule has 0 amide bonds. The summed E-state index contributed by atoms with van der Waals surface area (Å²) in [5.74, 6) is 1.48. The Morgan fingerprint density at radius 3 is 3.06 bits per heavy atom. The third kappa shape index (κ3) is 3.27. The van der Waals surface area contributed by atoms with Crippen LogP contribution in [0, 0.1) is 12.8 Å². The Kier molecular flexibility index (Phi) is 4.30. The number of rotatable bonds is 4. The molecule has 1 saturated carbocycles. The number of aromatic nitrogens is 2. The summed E-state index contributed by atoms with van der Waals surface area (Å²) in [5.41, 5.74) is 0.879. The molecule has 1 heterocycles. The van der Waals surface area contributed by atoms with Crippen molar-refractivity contribution in [2.24, 2.45) is 5.92 Å². The van der Waals surface area contributed by atoms with Crippen molar-refractivity contribution in [2.45, 2.75) is 51.6 Å². The van der Waals surface area contributed by atoms with Crippen LogP contribution in [0.1, 0.15) is 44.1 Å². The maximum atomic E-state index is 9.70. The first-order chi connectivity index (χ1) is 8.63. The fraction of sp³-hybridized carbons (Fsp3) is 0.714. The summed E-state index contributed by atoms with van der Waals surface area (Å²) >= 11 is 0. The molecular formula is C14H23N3O. The van der Waals surface area contributed by atoms with Gasteiger partial charge in [-0.15, -0.1) is 0 Å². The van der Waals surface area contributed by atoms with E-state index < -0.39 is 0 Å². The standard InChI is InChI=1S/C14H23N3O/c1-11-4-3-6-14(8-11,10-18)16-9-13-5-7-15-12(2)17-13/h5,7,11,16,18H,3-4,6,8-10H2,1-2H3. The number of hydrogen-bond donors (Lipinski definition) is 2. The van der Waals surface area contributed by atoms with Crippen LogP contribution in [-0.4, -0.2) is 27.2 Å². The van der Waals surface area contributed by atoms with E-state index in [0.717, 1.165) is 24.4 Å². The van der Waals surface area contributed by atoms with Crippen molar-refractivity contribution >= 4 is 0 Å². The number of nitrogens with zero attached hydrogens (tertiary/aromatic N) is 2. The zero-order valence-electron chi connectivity index (χ0n) is 11.3. The second kappa shape index (κ2) is 5.76. The lowest BCUT2D eigenvalue weighted by Gasteiger charge is -2.39. The second-order valence-electron chi connectivity index (χ2n) is 5.59. The first-order valence-corrected chi connectivity index (χ1v) is 6.78. The van der Waals surface area contributed by atoms with Crippen molar-refractivity contribution < 1.29 is 5.11 Å². The fourth-order valence-corrected chi connectivity index (χ4v) is 2.90. The molecule has 4 nitrogen and oxygen atoms in total. The van der Waals surface area contributed by atoms with E-state index in [2.05, 4.69) is 22.2 Å². The van der Waals surface area contributed by atoms with E-state index in [4.69, 9.17) is 0 Å². The van der Waals surface area contributed by atoms with Crippen LogP contribution in [0.3, 0.4) is 0 Å². The van der Waals surface area contributed by atoms with E-state index >= 15 is 0 Å². The largest absolute Gasteiger partial charge is 0.394 e. The first kappa shape index (κ1) is 13.4. The molecule has 0 saturated heterocycles. The second-order valence-corrected chi connectivity index (χ2v) is 5.59. The first-order valence-electron chi connectivity index (χ1n) is 6.78. The molecule has 2 N–H and O–H groups in total. The summed E-state index contributed by atoms with van der Waals surface area (Å²) in [7, 11) is 0. The van der Waals surface area contributed by atoms with Crippen LogP contribution in [0.5, 0.6) is 0 Å². The Morgan fingerprint density at radius 2 is 2.39 bits per heavy atom. The van der Waals surface area contributed by atoms with Gasteiger partial charge >= 0.3 is 0 Å². The van der Waals surface area contributed by atoms with Gasteiger partial charge in [-0.25, -0.2) is 9.97 Å². The van der Waals surface area contributed by atoms with Crippen LogP contribution in [0.25, 0.3) is 0 Å². The van der Waals surface area contributed by atoms with E-state index in [9.17, 15) is 5.11 Å². The van der Waals surface area contributed by atoms with Gasteiger partial charge in [0, 0.05) is 18.3 Å². The van der Waals surface area contributed by atoms with Crippen LogP contribution in [-0.2, 0) is 6.54 Å². The van der Waals surface area contributed by atoms with E-state index in [-0.39, 0.29) is 12.1 Å². The molecule has 0 aromatic carbocycles. The number of aliphatic hydroxyl groups excluding tert-OH is 1. The van der Waals surface area contributed by atoms with Crippen molar-refractivity contribution in [3.05, 3.63) is 23.8 Å². The van der Waals surface area contributed by atoms with Crippen molar-refractivity contribution in [3.8, 4) is 0 Å². The van der Waals surface area contributed by atoms with E-state index in [1.165, 1.54) is 12.8 Å². The molecule has 1 aromatic rings. The Labute approximate surface area is 109 Å². The van der Waals surface area contributed by atoms with Crippen molar-refractivity contribution in [1.29, 1.82) is 0 Å². The van der Waals surface area contributed by atoms with Gasteiger partial charge < -0.3 is 10.4 Å². The highest BCUT2D eigenvalue weighted by atomic mass is 16.3. The maximum Gasteiger partial charge on any atom is 0.125 e. The fourth-order valence-electron chi connectivity index (χ4n) is 2.90. The third-order valence-electron chi connectivity index (χ3n) is 3.87. The van der Waals surface area contributed by atoms with Crippen LogP contribution in [0.2, 0.25) is 0 Å². The van der Waals surface area contributed by atoms with Crippen LogP contribution < -0.4 is 5.32 Å². The van der Waals surface area contributed by atoms with E-state index in [0.29, 0.717) is 12.5 Å². The Hall–Kier alpha value is -1.00. The molecule has 2 unspecified atom stereocenters. The molecule has 18 heavy (non-hydrogen) atoms. The molecule has 0 bridgehead atoms. The van der Waals surface area contributed by atoms with E-state index in [1.54, 1.807) is 6.20 Å². The van der Waals surface area contributed by atoms with Gasteiger partial charge in [-0.3, -0.25) is 0 Å². The van der Waals surface area contributed by atoms with Crippen LogP contribution in [0.4, 0.5) is 0 Å². The Bertz CT molecular complexity index is 396. The molecule has 2 rings (SSSR count). The van der Waals surface area contributed by atoms with Crippen LogP contribution in [0.15, 0.2) is 12.3 Å². The summed E-state index contributed by atoms with van der Waals surface area (Å²) in [4.78, 5) is 8.48. The molecule has 1 fully saturated rings. The van der Waals surface area contributed by atoms with Gasteiger partial charge in [-0.05, 0) is 31.7 Å². The minimum absolute atomic E-state index is 0.115. The van der Waals surface area contributed by atoms with Crippen molar-refractivity contribution in [1.82, 2.24) is 15.3 Å². The average molecular weight is 249 g/mol. The minimum atomic E-state index is -0.115. The lowest BCUT2D eigenvalue weighted by Crippen LogP contribution is -2.51. The summed E-state index contributed by atoms with van der Waals surface area (Å²) in [6.45, 7) is 5.08. The molecule has 0 aliphatic heterocycles. The SMILES string of the molecule is Cc1nccc(CNC2(CO)CCCC(C)C2)n1. The van der Waals surface area contributed by atoms with Gasteiger partial charge in [0.15, 0.2) is 0 Å². The van der Waals surface area contributed by atoms with Gasteiger partial charge in [0.1, 0.15) is 5.82 Å². The molecule has 1 aliphatic rings. The molecular weight excluding hydrogens is 226 g/mol. The third-order valence-corrected chi connectivity index (χ3v) is 3.87. The lowest BCUT2D eigenvalue weighted by molar-refractivity contribution is 0.0979. The van der Waals surface area contributed by atoms with Gasteiger partial charge in [0.25, 0.3) is 0 Å².